The van der Waals surface area contributed by atoms with Crippen molar-refractivity contribution in [1.29, 1.82) is 0 Å². The first kappa shape index (κ1) is 15.8. The van der Waals surface area contributed by atoms with Crippen molar-refractivity contribution in [3.8, 4) is 5.06 Å². The topological polar surface area (TPSA) is 32.7 Å². The Balaban J connectivity index is 1.91. The molecular formula is C16H27NO2S. The molecule has 0 saturated carbocycles. The lowest BCUT2D eigenvalue weighted by Gasteiger charge is -2.41. The number of aryl methyl sites for hydroxylation is 1. The monoisotopic (exact) mass is 297 g/mol. The van der Waals surface area contributed by atoms with Gasteiger partial charge in [-0.2, -0.15) is 0 Å². The second-order valence-electron chi connectivity index (χ2n) is 7.09. The molecule has 2 rings (SSSR count). The number of β-amino-alcohol motifs (C(OH)–C–C–N with tert-alkyl or cyclic N) is 1. The van der Waals surface area contributed by atoms with E-state index in [2.05, 4.69) is 32.6 Å². The molecule has 3 nitrogen and oxygen atoms in total. The molecule has 1 N–H and O–H groups in total. The first-order valence-electron chi connectivity index (χ1n) is 7.35. The van der Waals surface area contributed by atoms with Crippen LogP contribution >= 0.6 is 11.3 Å². The summed E-state index contributed by atoms with van der Waals surface area (Å²) < 4.78 is 5.73. The molecule has 1 saturated heterocycles. The van der Waals surface area contributed by atoms with Gasteiger partial charge in [0.05, 0.1) is 0 Å². The Morgan fingerprint density at radius 3 is 2.40 bits per heavy atom. The molecule has 1 aliphatic heterocycles. The number of aliphatic hydroxyl groups excluding tert-OH is 1. The van der Waals surface area contributed by atoms with Crippen molar-refractivity contribution < 1.29 is 9.84 Å². The van der Waals surface area contributed by atoms with Crippen molar-refractivity contribution >= 4 is 11.3 Å². The molecule has 0 aliphatic carbocycles. The minimum atomic E-state index is -0.451. The Morgan fingerprint density at radius 1 is 1.30 bits per heavy atom. The maximum absolute atomic E-state index is 10.3. The fourth-order valence-corrected chi connectivity index (χ4v) is 3.92. The maximum Gasteiger partial charge on any atom is 0.176 e. The van der Waals surface area contributed by atoms with E-state index in [4.69, 9.17) is 4.74 Å². The van der Waals surface area contributed by atoms with Gasteiger partial charge < -0.3 is 9.84 Å². The molecule has 1 aromatic rings. The lowest BCUT2D eigenvalue weighted by Crippen LogP contribution is -2.52. The third-order valence-corrected chi connectivity index (χ3v) is 5.35. The van der Waals surface area contributed by atoms with Crippen molar-refractivity contribution in [2.75, 3.05) is 13.2 Å². The molecule has 1 aliphatic rings. The Labute approximate surface area is 126 Å². The predicted molar refractivity (Wildman–Crippen MR) is 84.7 cm³/mol. The molecule has 0 amide bonds. The molecule has 0 radical (unpaired) electrons. The number of thiophene rings is 1. The van der Waals surface area contributed by atoms with Crippen LogP contribution in [0.4, 0.5) is 0 Å². The average Bonchev–Trinajstić information content (AvgIpc) is 2.84. The Bertz CT molecular complexity index is 437. The molecule has 1 unspecified atom stereocenters. The zero-order valence-corrected chi connectivity index (χ0v) is 14.1. The predicted octanol–water partition coefficient (Wildman–Crippen LogP) is 3.45. The van der Waals surface area contributed by atoms with Crippen LogP contribution in [-0.2, 0) is 0 Å². The third kappa shape index (κ3) is 3.35. The van der Waals surface area contributed by atoms with Crippen LogP contribution in [0.1, 0.15) is 46.1 Å². The van der Waals surface area contributed by atoms with E-state index in [1.165, 1.54) is 12.8 Å². The van der Waals surface area contributed by atoms with E-state index in [1.807, 2.05) is 18.4 Å². The van der Waals surface area contributed by atoms with Crippen LogP contribution in [0.25, 0.3) is 0 Å². The highest BCUT2D eigenvalue weighted by atomic mass is 32.1. The molecule has 20 heavy (non-hydrogen) atoms. The molecule has 1 atom stereocenters. The van der Waals surface area contributed by atoms with Gasteiger partial charge >= 0.3 is 0 Å². The normalized spacial score (nSPS) is 22.9. The van der Waals surface area contributed by atoms with Crippen LogP contribution in [-0.4, -0.2) is 40.3 Å². The lowest BCUT2D eigenvalue weighted by molar-refractivity contribution is 0.00577. The van der Waals surface area contributed by atoms with Gasteiger partial charge in [0, 0.05) is 23.2 Å². The van der Waals surface area contributed by atoms with Crippen molar-refractivity contribution in [2.24, 2.45) is 0 Å². The average molecular weight is 297 g/mol. The highest BCUT2D eigenvalue weighted by molar-refractivity contribution is 7.12. The van der Waals surface area contributed by atoms with Gasteiger partial charge in [0.15, 0.2) is 5.06 Å². The summed E-state index contributed by atoms with van der Waals surface area (Å²) in [7, 11) is 0. The molecule has 2 heterocycles. The first-order valence-corrected chi connectivity index (χ1v) is 8.23. The number of hydrogen-bond acceptors (Lipinski definition) is 4. The van der Waals surface area contributed by atoms with Gasteiger partial charge in [0.25, 0.3) is 0 Å². The van der Waals surface area contributed by atoms with Crippen LogP contribution in [0.15, 0.2) is 11.4 Å². The van der Waals surface area contributed by atoms with E-state index < -0.39 is 6.10 Å². The quantitative estimate of drug-likeness (QED) is 0.903. The summed E-state index contributed by atoms with van der Waals surface area (Å²) in [5.74, 6) is 0. The summed E-state index contributed by atoms with van der Waals surface area (Å²) in [4.78, 5) is 2.43. The summed E-state index contributed by atoms with van der Waals surface area (Å²) in [6.45, 7) is 12.1. The molecule has 114 valence electrons. The standard InChI is InChI=1S/C16H27NO2S/c1-12-6-9-20-14(12)19-11-13(18)10-17-15(2,3)7-8-16(17,4)5/h6,9,13,18H,7-8,10-11H2,1-5H3. The van der Waals surface area contributed by atoms with Crippen LogP contribution < -0.4 is 4.74 Å². The highest BCUT2D eigenvalue weighted by Crippen LogP contribution is 2.40. The molecule has 0 spiro atoms. The minimum absolute atomic E-state index is 0.156. The molecule has 1 aromatic heterocycles. The van der Waals surface area contributed by atoms with E-state index in [-0.39, 0.29) is 11.1 Å². The fourth-order valence-electron chi connectivity index (χ4n) is 3.14. The molecular weight excluding hydrogens is 270 g/mol. The number of rotatable bonds is 5. The van der Waals surface area contributed by atoms with Crippen LogP contribution in [0.5, 0.6) is 5.06 Å². The zero-order valence-electron chi connectivity index (χ0n) is 13.3. The largest absolute Gasteiger partial charge is 0.481 e. The minimum Gasteiger partial charge on any atom is -0.481 e. The van der Waals surface area contributed by atoms with Crippen molar-refractivity contribution in [1.82, 2.24) is 4.90 Å². The highest BCUT2D eigenvalue weighted by Gasteiger charge is 2.44. The summed E-state index contributed by atoms with van der Waals surface area (Å²) in [6.07, 6.45) is 1.91. The second kappa shape index (κ2) is 5.66. The summed E-state index contributed by atoms with van der Waals surface area (Å²) >= 11 is 1.59. The maximum atomic E-state index is 10.3. The number of hydrogen-bond donors (Lipinski definition) is 1. The van der Waals surface area contributed by atoms with Crippen molar-refractivity contribution in [3.05, 3.63) is 17.0 Å². The SMILES string of the molecule is Cc1ccsc1OCC(O)CN1C(C)(C)CCC1(C)C. The number of aliphatic hydroxyl groups is 1. The summed E-state index contributed by atoms with van der Waals surface area (Å²) in [5.41, 5.74) is 1.45. The molecule has 4 heteroatoms. The van der Waals surface area contributed by atoms with E-state index in [9.17, 15) is 5.11 Å². The van der Waals surface area contributed by atoms with Gasteiger partial charge in [0.2, 0.25) is 0 Å². The van der Waals surface area contributed by atoms with Crippen LogP contribution in [0.3, 0.4) is 0 Å². The van der Waals surface area contributed by atoms with E-state index in [0.717, 1.165) is 10.6 Å². The number of nitrogens with zero attached hydrogens (tertiary/aromatic N) is 1. The first-order chi connectivity index (χ1) is 9.22. The number of likely N-dealkylation sites (tertiary alicyclic amines) is 1. The van der Waals surface area contributed by atoms with E-state index in [1.54, 1.807) is 11.3 Å². The van der Waals surface area contributed by atoms with Crippen molar-refractivity contribution in [3.63, 3.8) is 0 Å². The zero-order chi connectivity index (χ0) is 15.0. The van der Waals surface area contributed by atoms with Gasteiger partial charge in [-0.1, -0.05) is 0 Å². The van der Waals surface area contributed by atoms with Gasteiger partial charge in [-0.25, -0.2) is 0 Å². The van der Waals surface area contributed by atoms with E-state index >= 15 is 0 Å². The van der Waals surface area contributed by atoms with Gasteiger partial charge in [-0.15, -0.1) is 11.3 Å². The van der Waals surface area contributed by atoms with Crippen LogP contribution in [0, 0.1) is 6.92 Å². The van der Waals surface area contributed by atoms with Gasteiger partial charge in [0.1, 0.15) is 12.7 Å². The van der Waals surface area contributed by atoms with Crippen molar-refractivity contribution in [2.45, 2.75) is 64.6 Å². The molecule has 1 fully saturated rings. The summed E-state index contributed by atoms with van der Waals surface area (Å²) in [5, 5.41) is 13.2. The van der Waals surface area contributed by atoms with Gasteiger partial charge in [-0.3, -0.25) is 4.90 Å². The van der Waals surface area contributed by atoms with Gasteiger partial charge in [-0.05, 0) is 58.9 Å². The smallest absolute Gasteiger partial charge is 0.176 e. The third-order valence-electron chi connectivity index (χ3n) is 4.43. The van der Waals surface area contributed by atoms with E-state index in [0.29, 0.717) is 13.2 Å². The summed E-state index contributed by atoms with van der Waals surface area (Å²) in [6, 6.07) is 2.04. The Hall–Kier alpha value is -0.580. The lowest BCUT2D eigenvalue weighted by atomic mass is 10.0. The molecule has 0 bridgehead atoms. The molecule has 0 aromatic carbocycles. The fraction of sp³-hybridized carbons (Fsp3) is 0.750. The number of ether oxygens (including phenoxy) is 1. The Morgan fingerprint density at radius 2 is 1.90 bits per heavy atom. The van der Waals surface area contributed by atoms with Crippen LogP contribution in [0.2, 0.25) is 0 Å². The second-order valence-corrected chi connectivity index (χ2v) is 7.97. The Kier molecular flexibility index (Phi) is 4.47.